The van der Waals surface area contributed by atoms with Gasteiger partial charge in [0.25, 0.3) is 0 Å². The molecule has 0 aliphatic carbocycles. The number of nitrogens with zero attached hydrogens (tertiary/aromatic N) is 2. The number of Topliss-reactive ketones (excluding diaryl/α,β-unsaturated/α-hetero) is 2. The van der Waals surface area contributed by atoms with Crippen LogP contribution in [0.25, 0.3) is 0 Å². The number of benzene rings is 2. The van der Waals surface area contributed by atoms with Crippen molar-refractivity contribution in [2.45, 2.75) is 52.4 Å². The fourth-order valence-electron chi connectivity index (χ4n) is 5.77. The van der Waals surface area contributed by atoms with Crippen LogP contribution in [0.2, 0.25) is 0 Å². The summed E-state index contributed by atoms with van der Waals surface area (Å²) in [6, 6.07) is 15.1. The number of hydrogen-bond donors (Lipinski definition) is 0. The molecule has 2 aliphatic heterocycles. The van der Waals surface area contributed by atoms with Crippen LogP contribution in [0.5, 0.6) is 11.5 Å². The van der Waals surface area contributed by atoms with Crippen molar-refractivity contribution in [1.82, 2.24) is 9.80 Å². The first-order valence-corrected chi connectivity index (χ1v) is 16.7. The number of morpholine rings is 2. The van der Waals surface area contributed by atoms with Crippen molar-refractivity contribution < 1.29 is 28.5 Å². The van der Waals surface area contributed by atoms with E-state index < -0.39 is 0 Å². The molecule has 0 saturated carbocycles. The third-order valence-corrected chi connectivity index (χ3v) is 8.58. The second kappa shape index (κ2) is 18.9. The Morgan fingerprint density at radius 3 is 1.34 bits per heavy atom. The van der Waals surface area contributed by atoms with Crippen LogP contribution in [0.1, 0.15) is 73.1 Å². The molecule has 8 nitrogen and oxygen atoms in total. The molecule has 2 aromatic rings. The van der Waals surface area contributed by atoms with Gasteiger partial charge < -0.3 is 18.9 Å². The molecule has 242 valence electrons. The summed E-state index contributed by atoms with van der Waals surface area (Å²) in [6.07, 6.45) is 5.45. The molecule has 2 heterocycles. The molecule has 0 amide bonds. The Balaban J connectivity index is 1.47. The van der Waals surface area contributed by atoms with Gasteiger partial charge in [0.1, 0.15) is 11.5 Å². The SMILES string of the molecule is CCCCOc1ccc(C(=O)[C@H](CC[C@@H](CN2CCOCC2)C(=O)c2ccc(OCCCC)cc2)CN2CCOCC2)cc1. The molecule has 0 spiro atoms. The molecule has 2 aromatic carbocycles. The summed E-state index contributed by atoms with van der Waals surface area (Å²) < 4.78 is 22.8. The van der Waals surface area contributed by atoms with Gasteiger partial charge in [0, 0.05) is 62.2 Å². The Morgan fingerprint density at radius 2 is 1.00 bits per heavy atom. The number of hydrogen-bond acceptors (Lipinski definition) is 8. The van der Waals surface area contributed by atoms with E-state index >= 15 is 0 Å². The first kappa shape index (κ1) is 34.1. The van der Waals surface area contributed by atoms with Crippen LogP contribution in [0, 0.1) is 11.8 Å². The van der Waals surface area contributed by atoms with E-state index in [2.05, 4.69) is 23.6 Å². The average Bonchev–Trinajstić information content (AvgIpc) is 3.07. The van der Waals surface area contributed by atoms with Crippen molar-refractivity contribution in [3.8, 4) is 11.5 Å². The highest BCUT2D eigenvalue weighted by molar-refractivity contribution is 5.99. The molecule has 4 rings (SSSR count). The van der Waals surface area contributed by atoms with Crippen molar-refractivity contribution in [3.05, 3.63) is 59.7 Å². The molecule has 0 bridgehead atoms. The number of unbranched alkanes of at least 4 members (excludes halogenated alkanes) is 2. The van der Waals surface area contributed by atoms with E-state index in [1.807, 2.05) is 48.5 Å². The summed E-state index contributed by atoms with van der Waals surface area (Å²) in [7, 11) is 0. The van der Waals surface area contributed by atoms with E-state index in [1.54, 1.807) is 0 Å². The summed E-state index contributed by atoms with van der Waals surface area (Å²) >= 11 is 0. The zero-order chi connectivity index (χ0) is 31.0. The molecule has 2 fully saturated rings. The second-order valence-electron chi connectivity index (χ2n) is 12.0. The van der Waals surface area contributed by atoms with Gasteiger partial charge in [-0.1, -0.05) is 26.7 Å². The number of rotatable bonds is 19. The molecule has 0 aromatic heterocycles. The Labute approximate surface area is 264 Å². The molecular formula is C36H52N2O6. The summed E-state index contributed by atoms with van der Waals surface area (Å²) in [6.45, 7) is 13.0. The van der Waals surface area contributed by atoms with Crippen molar-refractivity contribution >= 4 is 11.6 Å². The molecular weight excluding hydrogens is 556 g/mol. The van der Waals surface area contributed by atoms with Crippen LogP contribution >= 0.6 is 0 Å². The summed E-state index contributed by atoms with van der Waals surface area (Å²) in [4.78, 5) is 32.6. The standard InChI is InChI=1S/C36H52N2O6/c1-3-5-21-43-33-13-9-29(10-14-33)35(39)31(27-37-17-23-41-24-18-37)7-8-32(28-38-19-25-42-26-20-38)36(40)30-11-15-34(16-12-30)44-22-6-4-2/h9-16,31-32H,3-8,17-28H2,1-2H3/t31-,32+. The predicted molar refractivity (Wildman–Crippen MR) is 173 cm³/mol. The van der Waals surface area contributed by atoms with Gasteiger partial charge in [0.15, 0.2) is 11.6 Å². The van der Waals surface area contributed by atoms with Crippen molar-refractivity contribution in [2.24, 2.45) is 11.8 Å². The highest BCUT2D eigenvalue weighted by Crippen LogP contribution is 2.25. The minimum absolute atomic E-state index is 0.128. The molecule has 0 unspecified atom stereocenters. The predicted octanol–water partition coefficient (Wildman–Crippen LogP) is 5.79. The summed E-state index contributed by atoms with van der Waals surface area (Å²) in [5.41, 5.74) is 1.39. The van der Waals surface area contributed by atoms with Gasteiger partial charge in [0.2, 0.25) is 0 Å². The van der Waals surface area contributed by atoms with Crippen molar-refractivity contribution in [3.63, 3.8) is 0 Å². The number of ketones is 2. The lowest BCUT2D eigenvalue weighted by molar-refractivity contribution is 0.0254. The topological polar surface area (TPSA) is 77.5 Å². The van der Waals surface area contributed by atoms with Crippen molar-refractivity contribution in [2.75, 3.05) is 78.9 Å². The number of carbonyl (C=O) groups excluding carboxylic acids is 2. The first-order chi connectivity index (χ1) is 21.6. The molecule has 0 radical (unpaired) electrons. The lowest BCUT2D eigenvalue weighted by Gasteiger charge is -2.32. The van der Waals surface area contributed by atoms with Gasteiger partial charge in [0.05, 0.1) is 39.6 Å². The van der Waals surface area contributed by atoms with Gasteiger partial charge in [-0.15, -0.1) is 0 Å². The molecule has 44 heavy (non-hydrogen) atoms. The zero-order valence-electron chi connectivity index (χ0n) is 26.8. The Kier molecular flexibility index (Phi) is 14.6. The lowest BCUT2D eigenvalue weighted by Crippen LogP contribution is -2.42. The normalized spacial score (nSPS) is 17.6. The van der Waals surface area contributed by atoms with E-state index in [1.165, 1.54) is 0 Å². The van der Waals surface area contributed by atoms with Crippen LogP contribution in [-0.2, 0) is 9.47 Å². The molecule has 2 aliphatic rings. The minimum atomic E-state index is -0.214. The zero-order valence-corrected chi connectivity index (χ0v) is 26.8. The third-order valence-electron chi connectivity index (χ3n) is 8.58. The minimum Gasteiger partial charge on any atom is -0.494 e. The summed E-state index contributed by atoms with van der Waals surface area (Å²) in [5, 5.41) is 0. The Morgan fingerprint density at radius 1 is 0.636 bits per heavy atom. The van der Waals surface area contributed by atoms with E-state index in [9.17, 15) is 9.59 Å². The van der Waals surface area contributed by atoms with Crippen molar-refractivity contribution in [1.29, 1.82) is 0 Å². The average molecular weight is 609 g/mol. The van der Waals surface area contributed by atoms with Gasteiger partial charge in [-0.25, -0.2) is 0 Å². The highest BCUT2D eigenvalue weighted by atomic mass is 16.5. The summed E-state index contributed by atoms with van der Waals surface area (Å²) in [5.74, 6) is 1.41. The van der Waals surface area contributed by atoms with Crippen LogP contribution < -0.4 is 9.47 Å². The maximum Gasteiger partial charge on any atom is 0.167 e. The smallest absolute Gasteiger partial charge is 0.167 e. The van der Waals surface area contributed by atoms with Gasteiger partial charge in [-0.2, -0.15) is 0 Å². The van der Waals surface area contributed by atoms with E-state index in [0.29, 0.717) is 76.7 Å². The van der Waals surface area contributed by atoms with Crippen LogP contribution in [0.3, 0.4) is 0 Å². The lowest BCUT2D eigenvalue weighted by atomic mass is 9.86. The quantitative estimate of drug-likeness (QED) is 0.147. The Hall–Kier alpha value is -2.78. The molecule has 8 heteroatoms. The van der Waals surface area contributed by atoms with Gasteiger partial charge in [-0.05, 0) is 74.2 Å². The number of carbonyl (C=O) groups is 2. The van der Waals surface area contributed by atoms with Crippen LogP contribution in [0.15, 0.2) is 48.5 Å². The Bertz CT molecular complexity index is 1020. The largest absolute Gasteiger partial charge is 0.494 e. The molecule has 2 atom stereocenters. The maximum atomic E-state index is 14.0. The first-order valence-electron chi connectivity index (χ1n) is 16.7. The second-order valence-corrected chi connectivity index (χ2v) is 12.0. The fourth-order valence-corrected chi connectivity index (χ4v) is 5.77. The fraction of sp³-hybridized carbons (Fsp3) is 0.611. The van der Waals surface area contributed by atoms with E-state index in [-0.39, 0.29) is 23.4 Å². The van der Waals surface area contributed by atoms with E-state index in [0.717, 1.165) is 63.4 Å². The van der Waals surface area contributed by atoms with Gasteiger partial charge in [-0.3, -0.25) is 19.4 Å². The molecule has 2 saturated heterocycles. The van der Waals surface area contributed by atoms with Gasteiger partial charge >= 0.3 is 0 Å². The third kappa shape index (κ3) is 11.0. The number of ether oxygens (including phenoxy) is 4. The van der Waals surface area contributed by atoms with E-state index in [4.69, 9.17) is 18.9 Å². The highest BCUT2D eigenvalue weighted by Gasteiger charge is 2.29. The maximum absolute atomic E-state index is 14.0. The monoisotopic (exact) mass is 608 g/mol. The molecule has 0 N–H and O–H groups in total. The van der Waals surface area contributed by atoms with Crippen LogP contribution in [0.4, 0.5) is 0 Å². The van der Waals surface area contributed by atoms with Crippen LogP contribution in [-0.4, -0.2) is 100 Å².